The average molecular weight is 399 g/mol. The van der Waals surface area contributed by atoms with E-state index >= 15 is 0 Å². The van der Waals surface area contributed by atoms with E-state index < -0.39 is 5.97 Å². The maximum absolute atomic E-state index is 11.6. The highest BCUT2D eigenvalue weighted by molar-refractivity contribution is 8.04. The summed E-state index contributed by atoms with van der Waals surface area (Å²) in [5, 5.41) is 26.1. The lowest BCUT2D eigenvalue weighted by Gasteiger charge is -2.06. The molecule has 0 saturated carbocycles. The van der Waals surface area contributed by atoms with Gasteiger partial charge in [-0.25, -0.2) is 9.78 Å². The Hall–Kier alpha value is -3.46. The van der Waals surface area contributed by atoms with Gasteiger partial charge in [-0.05, 0) is 47.7 Å². The third-order valence-corrected chi connectivity index (χ3v) is 4.55. The Morgan fingerprint density at radius 2 is 1.86 bits per heavy atom. The molecular formula is C19H17N3O5S. The molecule has 2 aromatic carbocycles. The van der Waals surface area contributed by atoms with Crippen LogP contribution in [0.25, 0.3) is 17.5 Å². The van der Waals surface area contributed by atoms with Crippen molar-refractivity contribution in [3.63, 3.8) is 0 Å². The Kier molecular flexibility index (Phi) is 5.85. The predicted octanol–water partition coefficient (Wildman–Crippen LogP) is 3.41. The molecule has 0 atom stereocenters. The van der Waals surface area contributed by atoms with E-state index in [9.17, 15) is 15.0 Å². The zero-order chi connectivity index (χ0) is 20.1. The lowest BCUT2D eigenvalue weighted by atomic mass is 10.2. The Morgan fingerprint density at radius 3 is 2.46 bits per heavy atom. The van der Waals surface area contributed by atoms with Gasteiger partial charge in [-0.2, -0.15) is 0 Å². The molecule has 0 fully saturated rings. The fourth-order valence-electron chi connectivity index (χ4n) is 2.36. The highest BCUT2D eigenvalue weighted by Crippen LogP contribution is 2.31. The normalized spacial score (nSPS) is 11.3. The summed E-state index contributed by atoms with van der Waals surface area (Å²) in [5.74, 6) is 0.560. The quantitative estimate of drug-likeness (QED) is 0.409. The molecule has 8 nitrogen and oxygen atoms in total. The Morgan fingerprint density at radius 1 is 1.14 bits per heavy atom. The number of ether oxygens (including phenoxy) is 2. The minimum absolute atomic E-state index is 0.0133. The van der Waals surface area contributed by atoms with Crippen LogP contribution in [0.5, 0.6) is 17.2 Å². The second-order valence-electron chi connectivity index (χ2n) is 5.58. The van der Waals surface area contributed by atoms with Crippen LogP contribution >= 0.6 is 11.8 Å². The van der Waals surface area contributed by atoms with E-state index in [1.54, 1.807) is 44.6 Å². The number of carbonyl (C=O) groups is 1. The maximum Gasteiger partial charge on any atom is 0.342 e. The van der Waals surface area contributed by atoms with Crippen LogP contribution in [0.15, 0.2) is 52.5 Å². The summed E-state index contributed by atoms with van der Waals surface area (Å²) in [6.07, 6.45) is 1.44. The molecular weight excluding hydrogens is 382 g/mol. The van der Waals surface area contributed by atoms with Crippen LogP contribution in [0, 0.1) is 0 Å². The van der Waals surface area contributed by atoms with Gasteiger partial charge in [-0.1, -0.05) is 12.1 Å². The van der Waals surface area contributed by atoms with Crippen LogP contribution in [0.4, 0.5) is 0 Å². The maximum atomic E-state index is 11.6. The van der Waals surface area contributed by atoms with Crippen molar-refractivity contribution in [1.82, 2.24) is 15.2 Å². The van der Waals surface area contributed by atoms with Crippen molar-refractivity contribution in [2.45, 2.75) is 5.16 Å². The molecule has 3 aromatic rings. The monoisotopic (exact) mass is 399 g/mol. The van der Waals surface area contributed by atoms with E-state index in [2.05, 4.69) is 15.2 Å². The number of thioether (sulfide) groups is 1. The largest absolute Gasteiger partial charge is 0.508 e. The molecule has 1 aromatic heterocycles. The fraction of sp³-hybridized carbons (Fsp3) is 0.105. The van der Waals surface area contributed by atoms with Gasteiger partial charge in [0.05, 0.1) is 14.2 Å². The van der Waals surface area contributed by atoms with E-state index in [0.717, 1.165) is 11.8 Å². The number of aromatic hydroxyl groups is 1. The van der Waals surface area contributed by atoms with E-state index in [1.807, 2.05) is 0 Å². The van der Waals surface area contributed by atoms with Crippen LogP contribution in [-0.4, -0.2) is 45.6 Å². The van der Waals surface area contributed by atoms with Crippen molar-refractivity contribution in [2.24, 2.45) is 0 Å². The first-order valence-corrected chi connectivity index (χ1v) is 8.88. The van der Waals surface area contributed by atoms with Gasteiger partial charge in [0.25, 0.3) is 0 Å². The number of nitrogens with one attached hydrogen (secondary N) is 1. The Balaban J connectivity index is 1.88. The second kappa shape index (κ2) is 8.49. The molecule has 1 heterocycles. The number of phenols is 1. The van der Waals surface area contributed by atoms with Gasteiger partial charge >= 0.3 is 5.97 Å². The second-order valence-corrected chi connectivity index (χ2v) is 6.59. The van der Waals surface area contributed by atoms with Crippen molar-refractivity contribution >= 4 is 23.8 Å². The number of nitrogens with zero attached hydrogens (tertiary/aromatic N) is 2. The number of aliphatic carboxylic acids is 1. The molecule has 0 aliphatic rings. The third kappa shape index (κ3) is 4.63. The lowest BCUT2D eigenvalue weighted by Crippen LogP contribution is -1.97. The smallest absolute Gasteiger partial charge is 0.342 e. The fourth-order valence-corrected chi connectivity index (χ4v) is 3.07. The summed E-state index contributed by atoms with van der Waals surface area (Å²) in [7, 11) is 3.09. The molecule has 0 radical (unpaired) electrons. The number of methoxy groups -OCH3 is 2. The SMILES string of the molecule is COc1cc(OC)cc(-c2nc(S/C(=C\c3cccc(O)c3)C(=O)O)n[nH]2)c1. The Bertz CT molecular complexity index is 1010. The third-order valence-electron chi connectivity index (χ3n) is 3.67. The Labute approximate surface area is 164 Å². The highest BCUT2D eigenvalue weighted by atomic mass is 32.2. The number of carboxylic acids is 1. The standard InChI is InChI=1S/C19H17N3O5S/c1-26-14-8-12(9-15(10-14)27-2)17-20-19(22-21-17)28-16(18(24)25)7-11-4-3-5-13(23)6-11/h3-10,23H,1-2H3,(H,24,25)(H,20,21,22)/b16-7-. The van der Waals surface area contributed by atoms with E-state index in [4.69, 9.17) is 9.47 Å². The van der Waals surface area contributed by atoms with Crippen LogP contribution in [0.1, 0.15) is 5.56 Å². The number of phenolic OH excluding ortho intramolecular Hbond substituents is 1. The average Bonchev–Trinajstić information content (AvgIpc) is 3.15. The number of rotatable bonds is 7. The number of carboxylic acid groups (broad SMARTS) is 1. The van der Waals surface area contributed by atoms with Gasteiger partial charge in [0.1, 0.15) is 22.2 Å². The van der Waals surface area contributed by atoms with Gasteiger partial charge in [-0.3, -0.25) is 5.10 Å². The van der Waals surface area contributed by atoms with E-state index in [0.29, 0.717) is 28.5 Å². The van der Waals surface area contributed by atoms with Crippen molar-refractivity contribution in [3.8, 4) is 28.6 Å². The first-order valence-electron chi connectivity index (χ1n) is 8.06. The van der Waals surface area contributed by atoms with Gasteiger partial charge in [0.2, 0.25) is 5.16 Å². The van der Waals surface area contributed by atoms with Gasteiger partial charge in [-0.15, -0.1) is 5.10 Å². The molecule has 0 aliphatic carbocycles. The van der Waals surface area contributed by atoms with Crippen LogP contribution in [0.2, 0.25) is 0 Å². The summed E-state index contributed by atoms with van der Waals surface area (Å²) < 4.78 is 10.5. The molecule has 0 saturated heterocycles. The van der Waals surface area contributed by atoms with Crippen molar-refractivity contribution in [2.75, 3.05) is 14.2 Å². The lowest BCUT2D eigenvalue weighted by molar-refractivity contribution is -0.131. The van der Waals surface area contributed by atoms with Gasteiger partial charge in [0.15, 0.2) is 5.82 Å². The minimum atomic E-state index is -1.12. The first kappa shape index (κ1) is 19.3. The summed E-state index contributed by atoms with van der Waals surface area (Å²) in [6, 6.07) is 11.6. The predicted molar refractivity (Wildman–Crippen MR) is 104 cm³/mol. The number of hydrogen-bond donors (Lipinski definition) is 3. The zero-order valence-corrected chi connectivity index (χ0v) is 15.9. The molecule has 3 rings (SSSR count). The van der Waals surface area contributed by atoms with Crippen LogP contribution in [0.3, 0.4) is 0 Å². The molecule has 144 valence electrons. The number of aromatic amines is 1. The molecule has 0 aliphatic heterocycles. The minimum Gasteiger partial charge on any atom is -0.508 e. The van der Waals surface area contributed by atoms with Crippen LogP contribution < -0.4 is 9.47 Å². The summed E-state index contributed by atoms with van der Waals surface area (Å²) in [4.78, 5) is 15.9. The number of hydrogen-bond acceptors (Lipinski definition) is 7. The molecule has 3 N–H and O–H groups in total. The summed E-state index contributed by atoms with van der Waals surface area (Å²) >= 11 is 0.897. The molecule has 28 heavy (non-hydrogen) atoms. The van der Waals surface area contributed by atoms with Gasteiger partial charge in [0, 0.05) is 11.6 Å². The van der Waals surface area contributed by atoms with Crippen LogP contribution in [-0.2, 0) is 4.79 Å². The molecule has 0 amide bonds. The molecule has 0 spiro atoms. The zero-order valence-electron chi connectivity index (χ0n) is 15.0. The van der Waals surface area contributed by atoms with E-state index in [1.165, 1.54) is 18.2 Å². The van der Waals surface area contributed by atoms with Crippen molar-refractivity contribution in [1.29, 1.82) is 0 Å². The molecule has 9 heteroatoms. The summed E-state index contributed by atoms with van der Waals surface area (Å²) in [6.45, 7) is 0. The summed E-state index contributed by atoms with van der Waals surface area (Å²) in [5.41, 5.74) is 1.24. The molecule has 0 unspecified atom stereocenters. The highest BCUT2D eigenvalue weighted by Gasteiger charge is 2.15. The topological polar surface area (TPSA) is 118 Å². The molecule has 0 bridgehead atoms. The van der Waals surface area contributed by atoms with Crippen molar-refractivity contribution in [3.05, 3.63) is 52.9 Å². The number of H-pyrrole nitrogens is 1. The van der Waals surface area contributed by atoms with Crippen molar-refractivity contribution < 1.29 is 24.5 Å². The number of aromatic nitrogens is 3. The van der Waals surface area contributed by atoms with Gasteiger partial charge < -0.3 is 19.7 Å². The number of benzene rings is 2. The first-order chi connectivity index (χ1) is 13.5. The van der Waals surface area contributed by atoms with E-state index in [-0.39, 0.29) is 15.8 Å².